The predicted octanol–water partition coefficient (Wildman–Crippen LogP) is 2.87. The third-order valence-corrected chi connectivity index (χ3v) is 5.80. The Morgan fingerprint density at radius 2 is 2.04 bits per heavy atom. The lowest BCUT2D eigenvalue weighted by molar-refractivity contribution is -0.137. The number of nitrogens with zero attached hydrogens (tertiary/aromatic N) is 3. The number of anilines is 1. The van der Waals surface area contributed by atoms with Crippen LogP contribution in [-0.4, -0.2) is 11.2 Å². The Kier molecular flexibility index (Phi) is 4.20. The van der Waals surface area contributed by atoms with E-state index in [0.717, 1.165) is 17.0 Å². The lowest BCUT2D eigenvalue weighted by Gasteiger charge is -2.26. The van der Waals surface area contributed by atoms with Crippen molar-refractivity contribution < 1.29 is 13.2 Å². The summed E-state index contributed by atoms with van der Waals surface area (Å²) in [5.74, 6) is 0. The number of rotatable bonds is 2. The zero-order valence-electron chi connectivity index (χ0n) is 13.2. The highest BCUT2D eigenvalue weighted by Gasteiger charge is 2.31. The summed E-state index contributed by atoms with van der Waals surface area (Å²) >= 11 is 2.82. The molecule has 1 aliphatic heterocycles. The smallest absolute Gasteiger partial charge is 0.334 e. The Morgan fingerprint density at radius 1 is 1.19 bits per heavy atom. The molecular formula is C17H12F3N3OS2. The maximum Gasteiger partial charge on any atom is 0.416 e. The molecule has 3 aromatic rings. The maximum absolute atomic E-state index is 12.9. The summed E-state index contributed by atoms with van der Waals surface area (Å²) < 4.78 is 40.8. The Balaban J connectivity index is 1.69. The van der Waals surface area contributed by atoms with Crippen LogP contribution in [0.3, 0.4) is 0 Å². The first-order chi connectivity index (χ1) is 12.4. The van der Waals surface area contributed by atoms with E-state index in [9.17, 15) is 18.0 Å². The highest BCUT2D eigenvalue weighted by molar-refractivity contribution is 7.11. The zero-order valence-corrected chi connectivity index (χ0v) is 14.9. The molecule has 0 spiro atoms. The quantitative estimate of drug-likeness (QED) is 0.669. The molecule has 0 radical (unpaired) electrons. The van der Waals surface area contributed by atoms with E-state index >= 15 is 0 Å². The molecule has 0 fully saturated rings. The first-order valence-corrected chi connectivity index (χ1v) is 9.33. The molecule has 0 bridgehead atoms. The molecule has 9 heteroatoms. The van der Waals surface area contributed by atoms with Gasteiger partial charge in [-0.05, 0) is 35.7 Å². The SMILES string of the molecule is O=c1/c(=C/c2cccs2)sc2n1CN(c1cccc(C(F)(F)F)c1)CN=2. The number of hydrogen-bond acceptors (Lipinski definition) is 5. The topological polar surface area (TPSA) is 37.6 Å². The first-order valence-electron chi connectivity index (χ1n) is 7.63. The minimum atomic E-state index is -4.41. The molecular weight excluding hydrogens is 383 g/mol. The van der Waals surface area contributed by atoms with E-state index in [2.05, 4.69) is 4.99 Å². The van der Waals surface area contributed by atoms with Crippen LogP contribution in [-0.2, 0) is 12.8 Å². The van der Waals surface area contributed by atoms with Gasteiger partial charge in [-0.25, -0.2) is 4.99 Å². The molecule has 0 aliphatic carbocycles. The molecule has 2 aromatic heterocycles. The van der Waals surface area contributed by atoms with Gasteiger partial charge in [0.15, 0.2) is 4.80 Å². The van der Waals surface area contributed by atoms with E-state index in [1.807, 2.05) is 23.6 Å². The summed E-state index contributed by atoms with van der Waals surface area (Å²) in [5, 5.41) is 1.93. The molecule has 4 nitrogen and oxygen atoms in total. The first kappa shape index (κ1) is 17.0. The van der Waals surface area contributed by atoms with Gasteiger partial charge in [0.2, 0.25) is 0 Å². The van der Waals surface area contributed by atoms with Crippen molar-refractivity contribution in [2.24, 2.45) is 4.99 Å². The van der Waals surface area contributed by atoms with E-state index in [1.165, 1.54) is 33.3 Å². The lowest BCUT2D eigenvalue weighted by Crippen LogP contribution is -2.42. The van der Waals surface area contributed by atoms with Crippen molar-refractivity contribution in [3.8, 4) is 0 Å². The van der Waals surface area contributed by atoms with Crippen LogP contribution in [0.5, 0.6) is 0 Å². The largest absolute Gasteiger partial charge is 0.416 e. The summed E-state index contributed by atoms with van der Waals surface area (Å²) in [7, 11) is 0. The van der Waals surface area contributed by atoms with Crippen LogP contribution in [0.25, 0.3) is 6.08 Å². The average molecular weight is 395 g/mol. The van der Waals surface area contributed by atoms with Gasteiger partial charge < -0.3 is 4.90 Å². The fourth-order valence-electron chi connectivity index (χ4n) is 2.66. The van der Waals surface area contributed by atoms with Crippen molar-refractivity contribution in [3.63, 3.8) is 0 Å². The number of hydrogen-bond donors (Lipinski definition) is 0. The zero-order chi connectivity index (χ0) is 18.3. The van der Waals surface area contributed by atoms with E-state index in [-0.39, 0.29) is 18.9 Å². The van der Waals surface area contributed by atoms with Crippen LogP contribution < -0.4 is 19.8 Å². The van der Waals surface area contributed by atoms with Crippen molar-refractivity contribution in [2.45, 2.75) is 12.8 Å². The highest BCUT2D eigenvalue weighted by Crippen LogP contribution is 2.31. The van der Waals surface area contributed by atoms with E-state index in [4.69, 9.17) is 0 Å². The summed E-state index contributed by atoms with van der Waals surface area (Å²) in [6, 6.07) is 8.88. The van der Waals surface area contributed by atoms with Crippen molar-refractivity contribution in [3.05, 3.63) is 71.9 Å². The van der Waals surface area contributed by atoms with Crippen molar-refractivity contribution in [2.75, 3.05) is 11.6 Å². The van der Waals surface area contributed by atoms with E-state index in [1.54, 1.807) is 11.0 Å². The predicted molar refractivity (Wildman–Crippen MR) is 96.0 cm³/mol. The van der Waals surface area contributed by atoms with Crippen LogP contribution in [0.15, 0.2) is 51.6 Å². The van der Waals surface area contributed by atoms with Gasteiger partial charge >= 0.3 is 6.18 Å². The molecule has 1 aromatic carbocycles. The van der Waals surface area contributed by atoms with Gasteiger partial charge in [-0.1, -0.05) is 23.5 Å². The molecule has 0 N–H and O–H groups in total. The third kappa shape index (κ3) is 3.19. The van der Waals surface area contributed by atoms with Crippen molar-refractivity contribution in [1.82, 2.24) is 4.57 Å². The van der Waals surface area contributed by atoms with E-state index in [0.29, 0.717) is 15.0 Å². The molecule has 26 heavy (non-hydrogen) atoms. The lowest BCUT2D eigenvalue weighted by atomic mass is 10.2. The average Bonchev–Trinajstić information content (AvgIpc) is 3.23. The summed E-state index contributed by atoms with van der Waals surface area (Å²) in [5.41, 5.74) is -0.514. The van der Waals surface area contributed by atoms with E-state index < -0.39 is 11.7 Å². The van der Waals surface area contributed by atoms with Crippen molar-refractivity contribution >= 4 is 34.4 Å². The van der Waals surface area contributed by atoms with Crippen LogP contribution in [0.2, 0.25) is 0 Å². The van der Waals surface area contributed by atoms with Crippen LogP contribution in [0.4, 0.5) is 18.9 Å². The molecule has 1 aliphatic rings. The number of halogens is 3. The molecule has 0 saturated carbocycles. The Morgan fingerprint density at radius 3 is 2.77 bits per heavy atom. The Hall–Kier alpha value is -2.39. The Bertz CT molecular complexity index is 1110. The van der Waals surface area contributed by atoms with Gasteiger partial charge in [0.25, 0.3) is 5.56 Å². The number of benzene rings is 1. The molecule has 0 atom stereocenters. The number of alkyl halides is 3. The van der Waals surface area contributed by atoms with Gasteiger partial charge in [0, 0.05) is 10.6 Å². The molecule has 0 amide bonds. The van der Waals surface area contributed by atoms with Crippen molar-refractivity contribution in [1.29, 1.82) is 0 Å². The molecule has 4 rings (SSSR count). The second-order valence-electron chi connectivity index (χ2n) is 5.67. The summed E-state index contributed by atoms with van der Waals surface area (Å²) in [4.78, 5) is 20.2. The molecule has 0 unspecified atom stereocenters. The standard InChI is InChI=1S/C17H12F3N3OS2/c18-17(19,20)11-3-1-4-12(7-11)22-9-21-16-23(10-22)15(24)14(26-16)8-13-5-2-6-25-13/h1-8H,9-10H2/b14-8-. The number of aromatic nitrogens is 1. The van der Waals surface area contributed by atoms with Crippen LogP contribution in [0, 0.1) is 0 Å². The van der Waals surface area contributed by atoms with Crippen LogP contribution in [0.1, 0.15) is 10.4 Å². The molecule has 0 saturated heterocycles. The number of fused-ring (bicyclic) bond motifs is 1. The minimum absolute atomic E-state index is 0.174. The number of thiazole rings is 1. The van der Waals surface area contributed by atoms with Gasteiger partial charge in [0.05, 0.1) is 10.1 Å². The normalized spacial score (nSPS) is 15.0. The second-order valence-corrected chi connectivity index (χ2v) is 7.66. The summed E-state index contributed by atoms with van der Waals surface area (Å²) in [6.45, 7) is 0.382. The highest BCUT2D eigenvalue weighted by atomic mass is 32.1. The van der Waals surface area contributed by atoms with Gasteiger partial charge in [-0.3, -0.25) is 9.36 Å². The minimum Gasteiger partial charge on any atom is -0.334 e. The van der Waals surface area contributed by atoms with Gasteiger partial charge in [-0.2, -0.15) is 13.2 Å². The second kappa shape index (κ2) is 6.40. The monoisotopic (exact) mass is 395 g/mol. The fraction of sp³-hybridized carbons (Fsp3) is 0.176. The summed E-state index contributed by atoms with van der Waals surface area (Å²) in [6.07, 6.45) is -2.59. The number of thiophene rings is 1. The fourth-order valence-corrected chi connectivity index (χ4v) is 4.34. The Labute approximate surface area is 153 Å². The third-order valence-electron chi connectivity index (χ3n) is 3.93. The van der Waals surface area contributed by atoms with Gasteiger partial charge in [-0.15, -0.1) is 11.3 Å². The van der Waals surface area contributed by atoms with Crippen LogP contribution >= 0.6 is 22.7 Å². The molecule has 3 heterocycles. The van der Waals surface area contributed by atoms with Gasteiger partial charge in [0.1, 0.15) is 13.3 Å². The maximum atomic E-state index is 12.9. The molecule has 134 valence electrons.